The van der Waals surface area contributed by atoms with E-state index in [1.807, 2.05) is 0 Å². The summed E-state index contributed by atoms with van der Waals surface area (Å²) in [5, 5.41) is 12.2. The first-order chi connectivity index (χ1) is 21.5. The van der Waals surface area contributed by atoms with Crippen LogP contribution in [0, 0.1) is 23.0 Å². The van der Waals surface area contributed by atoms with E-state index in [0.29, 0.717) is 0 Å². The van der Waals surface area contributed by atoms with Crippen molar-refractivity contribution in [3.63, 3.8) is 0 Å². The second-order valence-electron chi connectivity index (χ2n) is 11.1. The Balaban J connectivity index is 1.53. The van der Waals surface area contributed by atoms with Crippen LogP contribution in [0.2, 0.25) is 5.02 Å². The molecule has 2 aliphatic rings. The highest BCUT2D eigenvalue weighted by Crippen LogP contribution is 2.37. The molecule has 1 aromatic heterocycles. The van der Waals surface area contributed by atoms with Crippen LogP contribution >= 0.6 is 11.6 Å². The molecule has 45 heavy (non-hydrogen) atoms. The van der Waals surface area contributed by atoms with Crippen molar-refractivity contribution < 1.29 is 31.9 Å². The molecule has 0 bridgehead atoms. The number of pyridine rings is 1. The Hall–Kier alpha value is -4.50. The second-order valence-corrected chi connectivity index (χ2v) is 11.5. The number of carbonyl (C=O) groups is 3. The van der Waals surface area contributed by atoms with E-state index in [1.165, 1.54) is 30.5 Å². The maximum absolute atomic E-state index is 15.1. The molecule has 3 aromatic rings. The average Bonchev–Trinajstić information content (AvgIpc) is 3.36. The summed E-state index contributed by atoms with van der Waals surface area (Å²) >= 11 is 6.53. The summed E-state index contributed by atoms with van der Waals surface area (Å²) in [5.41, 5.74) is -0.131. The summed E-state index contributed by atoms with van der Waals surface area (Å²) in [5.74, 6) is -6.90. The number of alkyl halides is 2. The molecular formula is C32H28ClF4N5O3. The van der Waals surface area contributed by atoms with Gasteiger partial charge in [-0.15, -0.1) is 0 Å². The molecule has 1 N–H and O–H groups in total. The average molecular weight is 642 g/mol. The Morgan fingerprint density at radius 1 is 1.11 bits per heavy atom. The van der Waals surface area contributed by atoms with Gasteiger partial charge in [-0.3, -0.25) is 24.2 Å². The number of amides is 3. The summed E-state index contributed by atoms with van der Waals surface area (Å²) in [6.45, 7) is 0. The Bertz CT molecular complexity index is 1660. The molecule has 3 amide bonds. The van der Waals surface area contributed by atoms with Crippen LogP contribution < -0.4 is 15.1 Å². The quantitative estimate of drug-likeness (QED) is 0.293. The molecule has 2 heterocycles. The third kappa shape index (κ3) is 6.93. The molecule has 0 unspecified atom stereocenters. The fraction of sp³-hybridized carbons (Fsp3) is 0.344. The van der Waals surface area contributed by atoms with Crippen molar-refractivity contribution in [3.05, 3.63) is 88.6 Å². The Kier molecular flexibility index (Phi) is 9.39. The molecule has 0 spiro atoms. The minimum Gasteiger partial charge on any atom is -0.351 e. The van der Waals surface area contributed by atoms with Crippen LogP contribution in [0.1, 0.15) is 62.1 Å². The standard InChI is InChI=1S/C32H28ClF4N5O3/c33-25-7-2-1-6-24(25)29(31(45)40-21-10-13-32(36,37)14-11-21)41(22-5-3-4-20(34)16-22)27(44)17-23-8-9-26(43)42(23)30-28(35)19(18-38)12-15-39-30/h1-7,12,15-16,21,23,29H,8-11,13-14,17H2,(H,40,45)/t23-,29-/m0/s1. The number of halogens is 5. The van der Waals surface area contributed by atoms with Crippen LogP contribution in [-0.2, 0) is 14.4 Å². The molecule has 2 fully saturated rings. The summed E-state index contributed by atoms with van der Waals surface area (Å²) in [6.07, 6.45) is 0.0657. The predicted molar refractivity (Wildman–Crippen MR) is 157 cm³/mol. The van der Waals surface area contributed by atoms with Crippen LogP contribution in [0.5, 0.6) is 0 Å². The van der Waals surface area contributed by atoms with E-state index in [2.05, 4.69) is 10.3 Å². The Morgan fingerprint density at radius 2 is 1.84 bits per heavy atom. The highest BCUT2D eigenvalue weighted by molar-refractivity contribution is 6.31. The number of aromatic nitrogens is 1. The van der Waals surface area contributed by atoms with Gasteiger partial charge in [0.1, 0.15) is 17.9 Å². The van der Waals surface area contributed by atoms with E-state index in [4.69, 9.17) is 11.6 Å². The zero-order chi connectivity index (χ0) is 32.3. The highest BCUT2D eigenvalue weighted by atomic mass is 35.5. The topological polar surface area (TPSA) is 106 Å². The summed E-state index contributed by atoms with van der Waals surface area (Å²) in [4.78, 5) is 47.3. The first-order valence-electron chi connectivity index (χ1n) is 14.4. The van der Waals surface area contributed by atoms with E-state index in [1.54, 1.807) is 18.2 Å². The number of hydrogen-bond donors (Lipinski definition) is 1. The van der Waals surface area contributed by atoms with E-state index in [9.17, 15) is 32.8 Å². The number of nitrogens with zero attached hydrogens (tertiary/aromatic N) is 4. The first-order valence-corrected chi connectivity index (χ1v) is 14.7. The van der Waals surface area contributed by atoms with E-state index >= 15 is 4.39 Å². The van der Waals surface area contributed by atoms with Gasteiger partial charge in [-0.25, -0.2) is 22.5 Å². The van der Waals surface area contributed by atoms with Gasteiger partial charge in [0.2, 0.25) is 23.6 Å². The monoisotopic (exact) mass is 641 g/mol. The summed E-state index contributed by atoms with van der Waals surface area (Å²) in [7, 11) is 0. The third-order valence-corrected chi connectivity index (χ3v) is 8.42. The van der Waals surface area contributed by atoms with E-state index in [-0.39, 0.29) is 47.5 Å². The number of nitriles is 1. The van der Waals surface area contributed by atoms with Gasteiger partial charge in [0.15, 0.2) is 11.6 Å². The normalized spacial score (nSPS) is 18.7. The lowest BCUT2D eigenvalue weighted by atomic mass is 9.91. The van der Waals surface area contributed by atoms with E-state index in [0.717, 1.165) is 28.0 Å². The van der Waals surface area contributed by atoms with Gasteiger partial charge in [-0.2, -0.15) is 5.26 Å². The lowest BCUT2D eigenvalue weighted by Crippen LogP contribution is -2.49. The lowest BCUT2D eigenvalue weighted by Gasteiger charge is -2.35. The van der Waals surface area contributed by atoms with Crippen molar-refractivity contribution in [2.75, 3.05) is 9.80 Å². The highest BCUT2D eigenvalue weighted by Gasteiger charge is 2.42. The number of nitrogens with one attached hydrogen (secondary N) is 1. The SMILES string of the molecule is N#Cc1ccnc(N2C(=O)CC[C@H]2CC(=O)N(c2cccc(F)c2)[C@H](C(=O)NC2CCC(F)(F)CC2)c2ccccc2Cl)c1F. The minimum absolute atomic E-state index is 0.00176. The molecular weight excluding hydrogens is 614 g/mol. The van der Waals surface area contributed by atoms with Crippen molar-refractivity contribution in [2.24, 2.45) is 0 Å². The van der Waals surface area contributed by atoms with Crippen LogP contribution in [-0.4, -0.2) is 40.7 Å². The number of carbonyl (C=O) groups excluding carboxylic acids is 3. The van der Waals surface area contributed by atoms with Crippen molar-refractivity contribution in [2.45, 2.75) is 69.0 Å². The lowest BCUT2D eigenvalue weighted by molar-refractivity contribution is -0.128. The van der Waals surface area contributed by atoms with Crippen LogP contribution in [0.15, 0.2) is 60.8 Å². The summed E-state index contributed by atoms with van der Waals surface area (Å²) in [6, 6.07) is 11.2. The molecule has 2 atom stereocenters. The second kappa shape index (κ2) is 13.2. The van der Waals surface area contributed by atoms with Crippen molar-refractivity contribution in [1.29, 1.82) is 5.26 Å². The first kappa shape index (κ1) is 31.9. The molecule has 5 rings (SSSR count). The summed E-state index contributed by atoms with van der Waals surface area (Å²) < 4.78 is 57.4. The number of hydrogen-bond acceptors (Lipinski definition) is 5. The molecule has 1 aliphatic carbocycles. The number of anilines is 2. The van der Waals surface area contributed by atoms with Crippen molar-refractivity contribution in [3.8, 4) is 6.07 Å². The van der Waals surface area contributed by atoms with Crippen LogP contribution in [0.25, 0.3) is 0 Å². The van der Waals surface area contributed by atoms with Gasteiger partial charge in [0, 0.05) is 60.2 Å². The molecule has 234 valence electrons. The molecule has 8 nitrogen and oxygen atoms in total. The van der Waals surface area contributed by atoms with Gasteiger partial charge in [-0.1, -0.05) is 35.9 Å². The molecule has 1 saturated carbocycles. The zero-order valence-corrected chi connectivity index (χ0v) is 24.6. The smallest absolute Gasteiger partial charge is 0.248 e. The maximum atomic E-state index is 15.1. The van der Waals surface area contributed by atoms with Gasteiger partial charge in [0.25, 0.3) is 0 Å². The number of rotatable bonds is 8. The minimum atomic E-state index is -2.83. The van der Waals surface area contributed by atoms with Crippen molar-refractivity contribution >= 4 is 40.8 Å². The van der Waals surface area contributed by atoms with Crippen LogP contribution in [0.3, 0.4) is 0 Å². The van der Waals surface area contributed by atoms with Gasteiger partial charge >= 0.3 is 0 Å². The fourth-order valence-electron chi connectivity index (χ4n) is 5.84. The molecule has 2 aromatic carbocycles. The fourth-order valence-corrected chi connectivity index (χ4v) is 6.08. The molecule has 13 heteroatoms. The Morgan fingerprint density at radius 3 is 2.53 bits per heavy atom. The van der Waals surface area contributed by atoms with Crippen LogP contribution in [0.4, 0.5) is 29.1 Å². The van der Waals surface area contributed by atoms with Gasteiger partial charge in [0.05, 0.1) is 5.56 Å². The molecule has 0 radical (unpaired) electrons. The van der Waals surface area contributed by atoms with Crippen molar-refractivity contribution in [1.82, 2.24) is 10.3 Å². The third-order valence-electron chi connectivity index (χ3n) is 8.08. The number of benzene rings is 2. The van der Waals surface area contributed by atoms with Gasteiger partial charge in [-0.05, 0) is 49.6 Å². The predicted octanol–water partition coefficient (Wildman–Crippen LogP) is 6.24. The van der Waals surface area contributed by atoms with Gasteiger partial charge < -0.3 is 5.32 Å². The van der Waals surface area contributed by atoms with E-state index < -0.39 is 78.5 Å². The Labute approximate surface area is 261 Å². The zero-order valence-electron chi connectivity index (χ0n) is 23.9. The maximum Gasteiger partial charge on any atom is 0.248 e. The molecule has 1 aliphatic heterocycles. The largest absolute Gasteiger partial charge is 0.351 e. The molecule has 1 saturated heterocycles.